The van der Waals surface area contributed by atoms with Gasteiger partial charge < -0.3 is 19.8 Å². The van der Waals surface area contributed by atoms with Crippen LogP contribution in [0.2, 0.25) is 0 Å². The molecule has 0 aliphatic rings. The molecule has 0 fully saturated rings. The average molecular weight is 301 g/mol. The molecule has 116 valence electrons. The van der Waals surface area contributed by atoms with Crippen LogP contribution in [0, 0.1) is 0 Å². The van der Waals surface area contributed by atoms with E-state index in [-0.39, 0.29) is 29.5 Å². The Morgan fingerprint density at radius 3 is 2.41 bits per heavy atom. The van der Waals surface area contributed by atoms with E-state index < -0.39 is 0 Å². The number of hydrogen-bond acceptors (Lipinski definition) is 5. The fraction of sp³-hybridized carbons (Fsp3) is 0.235. The van der Waals surface area contributed by atoms with Crippen LogP contribution in [0.4, 0.5) is 0 Å². The number of nitrogens with zero attached hydrogens (tertiary/aromatic N) is 1. The van der Waals surface area contributed by atoms with Gasteiger partial charge in [0.2, 0.25) is 5.78 Å². The van der Waals surface area contributed by atoms with Crippen LogP contribution in [0.3, 0.4) is 0 Å². The monoisotopic (exact) mass is 301 g/mol. The molecule has 2 aromatic carbocycles. The second-order valence-electron chi connectivity index (χ2n) is 5.22. The molecule has 2 aromatic rings. The van der Waals surface area contributed by atoms with Gasteiger partial charge in [-0.25, -0.2) is 0 Å². The Labute approximate surface area is 129 Å². The maximum atomic E-state index is 12.2. The van der Waals surface area contributed by atoms with Crippen molar-refractivity contribution in [1.29, 1.82) is 0 Å². The van der Waals surface area contributed by atoms with E-state index >= 15 is 0 Å². The van der Waals surface area contributed by atoms with E-state index in [9.17, 15) is 15.0 Å². The molecule has 0 unspecified atom stereocenters. The van der Waals surface area contributed by atoms with Gasteiger partial charge in [-0.2, -0.15) is 0 Å². The van der Waals surface area contributed by atoms with Crippen molar-refractivity contribution < 1.29 is 19.7 Å². The second kappa shape index (κ2) is 6.95. The molecule has 0 saturated carbocycles. The van der Waals surface area contributed by atoms with Gasteiger partial charge in [-0.3, -0.25) is 4.79 Å². The van der Waals surface area contributed by atoms with E-state index in [1.165, 1.54) is 12.1 Å². The lowest BCUT2D eigenvalue weighted by molar-refractivity contribution is 0.0918. The van der Waals surface area contributed by atoms with Crippen molar-refractivity contribution >= 4 is 5.78 Å². The molecule has 0 saturated heterocycles. The average Bonchev–Trinajstić information content (AvgIpc) is 2.50. The van der Waals surface area contributed by atoms with Gasteiger partial charge in [0, 0.05) is 6.54 Å². The molecular weight excluding hydrogens is 282 g/mol. The maximum Gasteiger partial charge on any atom is 0.203 e. The Kier molecular flexibility index (Phi) is 5.01. The number of carbonyl (C=O) groups is 1. The van der Waals surface area contributed by atoms with Gasteiger partial charge in [0.1, 0.15) is 17.2 Å². The number of ether oxygens (including phenoxy) is 1. The first-order valence-electron chi connectivity index (χ1n) is 6.88. The van der Waals surface area contributed by atoms with Gasteiger partial charge in [-0.1, -0.05) is 18.2 Å². The lowest BCUT2D eigenvalue weighted by Crippen LogP contribution is -2.14. The van der Waals surface area contributed by atoms with Gasteiger partial charge in [0.25, 0.3) is 0 Å². The number of ketones is 1. The molecule has 0 atom stereocenters. The predicted molar refractivity (Wildman–Crippen MR) is 83.4 cm³/mol. The number of Topliss-reactive ketones (excluding diaryl/α,β-unsaturated/α-hetero) is 1. The summed E-state index contributed by atoms with van der Waals surface area (Å²) < 4.78 is 5.39. The molecule has 22 heavy (non-hydrogen) atoms. The molecule has 5 nitrogen and oxygen atoms in total. The quantitative estimate of drug-likeness (QED) is 0.802. The number of hydrogen-bond donors (Lipinski definition) is 2. The first-order valence-corrected chi connectivity index (χ1v) is 6.88. The van der Waals surface area contributed by atoms with E-state index in [0.29, 0.717) is 17.9 Å². The zero-order valence-corrected chi connectivity index (χ0v) is 12.6. The van der Waals surface area contributed by atoms with Crippen LogP contribution in [-0.2, 0) is 6.54 Å². The smallest absolute Gasteiger partial charge is 0.203 e. The number of aromatic hydroxyl groups is 2. The van der Waals surface area contributed by atoms with Gasteiger partial charge in [0.05, 0.1) is 11.1 Å². The van der Waals surface area contributed by atoms with Crippen LogP contribution in [0.15, 0.2) is 42.5 Å². The molecule has 0 bridgehead atoms. The van der Waals surface area contributed by atoms with Gasteiger partial charge in [-0.15, -0.1) is 0 Å². The van der Waals surface area contributed by atoms with E-state index in [2.05, 4.69) is 0 Å². The van der Waals surface area contributed by atoms with Crippen LogP contribution in [-0.4, -0.2) is 41.6 Å². The summed E-state index contributed by atoms with van der Waals surface area (Å²) in [5, 5.41) is 20.0. The Balaban J connectivity index is 2.16. The number of para-hydroxylation sites is 1. The molecule has 0 spiro atoms. The summed E-state index contributed by atoms with van der Waals surface area (Å²) in [4.78, 5) is 14.0. The zero-order chi connectivity index (χ0) is 16.1. The molecule has 0 aromatic heterocycles. The fourth-order valence-electron chi connectivity index (χ4n) is 2.07. The highest BCUT2D eigenvalue weighted by Gasteiger charge is 2.18. The number of phenolic OH excluding ortho intramolecular Hbond substituents is 2. The normalized spacial score (nSPS) is 10.7. The van der Waals surface area contributed by atoms with Crippen molar-refractivity contribution in [2.24, 2.45) is 0 Å². The van der Waals surface area contributed by atoms with Crippen LogP contribution in [0.1, 0.15) is 15.9 Å². The summed E-state index contributed by atoms with van der Waals surface area (Å²) in [6.45, 7) is 0.155. The standard InChI is InChI=1S/C17H19NO4/c1-18(2)10-14-15(19)9-8-13(17(14)21)16(20)11-22-12-6-4-3-5-7-12/h3-9,19,21H,10-11H2,1-2H3. The SMILES string of the molecule is CN(C)Cc1c(O)ccc(C(=O)COc2ccccc2)c1O. The first-order chi connectivity index (χ1) is 10.5. The Morgan fingerprint density at radius 2 is 1.77 bits per heavy atom. The van der Waals surface area contributed by atoms with Crippen LogP contribution in [0.25, 0.3) is 0 Å². The molecule has 0 aliphatic carbocycles. The van der Waals surface area contributed by atoms with Crippen LogP contribution in [0.5, 0.6) is 17.2 Å². The lowest BCUT2D eigenvalue weighted by Gasteiger charge is -2.15. The summed E-state index contributed by atoms with van der Waals surface area (Å²) >= 11 is 0. The van der Waals surface area contributed by atoms with Gasteiger partial charge in [-0.05, 0) is 38.4 Å². The first kappa shape index (κ1) is 15.9. The highest BCUT2D eigenvalue weighted by Crippen LogP contribution is 2.31. The van der Waals surface area contributed by atoms with Crippen molar-refractivity contribution in [2.75, 3.05) is 20.7 Å². The van der Waals surface area contributed by atoms with Crippen molar-refractivity contribution in [3.8, 4) is 17.2 Å². The molecule has 2 N–H and O–H groups in total. The molecular formula is C17H19NO4. The molecule has 2 rings (SSSR count). The molecule has 0 amide bonds. The third-order valence-corrected chi connectivity index (χ3v) is 3.15. The molecule has 5 heteroatoms. The summed E-state index contributed by atoms with van der Waals surface area (Å²) in [5.41, 5.74) is 0.473. The van der Waals surface area contributed by atoms with E-state index in [1.54, 1.807) is 17.0 Å². The number of carbonyl (C=O) groups excluding carboxylic acids is 1. The summed E-state index contributed by atoms with van der Waals surface area (Å²) in [5.74, 6) is 0.00563. The highest BCUT2D eigenvalue weighted by atomic mass is 16.5. The number of rotatable bonds is 6. The van der Waals surface area contributed by atoms with E-state index in [1.807, 2.05) is 32.3 Å². The van der Waals surface area contributed by atoms with Crippen molar-refractivity contribution in [1.82, 2.24) is 4.90 Å². The van der Waals surface area contributed by atoms with Crippen LogP contribution < -0.4 is 4.74 Å². The topological polar surface area (TPSA) is 70.0 Å². The minimum Gasteiger partial charge on any atom is -0.507 e. The van der Waals surface area contributed by atoms with Crippen molar-refractivity contribution in [3.05, 3.63) is 53.6 Å². The minimum atomic E-state index is -0.346. The number of benzene rings is 2. The molecule has 0 radical (unpaired) electrons. The van der Waals surface area contributed by atoms with E-state index in [4.69, 9.17) is 4.74 Å². The van der Waals surface area contributed by atoms with Crippen molar-refractivity contribution in [3.63, 3.8) is 0 Å². The Hall–Kier alpha value is -2.53. The number of phenols is 2. The Morgan fingerprint density at radius 1 is 1.09 bits per heavy atom. The molecule has 0 aliphatic heterocycles. The lowest BCUT2D eigenvalue weighted by atomic mass is 10.0. The summed E-state index contributed by atoms with van der Waals surface area (Å²) in [7, 11) is 3.62. The Bertz CT molecular complexity index is 653. The van der Waals surface area contributed by atoms with Gasteiger partial charge in [0.15, 0.2) is 6.61 Å². The summed E-state index contributed by atoms with van der Waals surface area (Å²) in [6.07, 6.45) is 0. The zero-order valence-electron chi connectivity index (χ0n) is 12.6. The predicted octanol–water partition coefficient (Wildman–Crippen LogP) is 2.42. The van der Waals surface area contributed by atoms with Crippen molar-refractivity contribution in [2.45, 2.75) is 6.54 Å². The highest BCUT2D eigenvalue weighted by molar-refractivity contribution is 6.00. The molecule has 0 heterocycles. The third kappa shape index (κ3) is 3.77. The second-order valence-corrected chi connectivity index (χ2v) is 5.22. The largest absolute Gasteiger partial charge is 0.507 e. The fourth-order valence-corrected chi connectivity index (χ4v) is 2.07. The van der Waals surface area contributed by atoms with E-state index in [0.717, 1.165) is 0 Å². The van der Waals surface area contributed by atoms with Crippen LogP contribution >= 0.6 is 0 Å². The summed E-state index contributed by atoms with van der Waals surface area (Å²) in [6, 6.07) is 11.8. The van der Waals surface area contributed by atoms with Gasteiger partial charge >= 0.3 is 0 Å². The third-order valence-electron chi connectivity index (χ3n) is 3.15. The minimum absolute atomic E-state index is 0.0354. The maximum absolute atomic E-state index is 12.2.